The molecule has 1 saturated carbocycles. The molecule has 1 N–H and O–H groups in total. The third kappa shape index (κ3) is 2.81. The number of nitrogens with one attached hydrogen (secondary N) is 1. The second-order valence-electron chi connectivity index (χ2n) is 6.17. The minimum absolute atomic E-state index is 0.129. The lowest BCUT2D eigenvalue weighted by atomic mass is 9.82. The molecule has 0 bridgehead atoms. The van der Waals surface area contributed by atoms with E-state index in [1.807, 2.05) is 26.0 Å². The van der Waals surface area contributed by atoms with Gasteiger partial charge in [-0.25, -0.2) is 0 Å². The normalized spacial score (nSPS) is 17.9. The molecule has 3 nitrogen and oxygen atoms in total. The van der Waals surface area contributed by atoms with Crippen molar-refractivity contribution < 1.29 is 4.79 Å². The first kappa shape index (κ1) is 14.9. The molecule has 2 rings (SSSR count). The number of nitrogens with zero attached hydrogens (tertiary/aromatic N) is 1. The molecule has 0 spiro atoms. The van der Waals surface area contributed by atoms with Crippen LogP contribution in [-0.4, -0.2) is 11.4 Å². The highest BCUT2D eigenvalue weighted by molar-refractivity contribution is 6.30. The number of carbonyl (C=O) groups excluding carboxylic acids is 1. The monoisotopic (exact) mass is 290 g/mol. The maximum absolute atomic E-state index is 12.6. The third-order valence-corrected chi connectivity index (χ3v) is 4.38. The fraction of sp³-hybridized carbons (Fsp3) is 0.500. The molecule has 20 heavy (non-hydrogen) atoms. The Morgan fingerprint density at radius 2 is 1.85 bits per heavy atom. The summed E-state index contributed by atoms with van der Waals surface area (Å²) in [5, 5.41) is 12.9. The van der Waals surface area contributed by atoms with Crippen LogP contribution in [-0.2, 0) is 10.2 Å². The van der Waals surface area contributed by atoms with Crippen LogP contribution < -0.4 is 5.32 Å². The van der Waals surface area contributed by atoms with Crippen molar-refractivity contribution >= 4 is 17.5 Å². The molecule has 1 aliphatic carbocycles. The van der Waals surface area contributed by atoms with E-state index in [1.165, 1.54) is 0 Å². The van der Waals surface area contributed by atoms with Gasteiger partial charge in [0.2, 0.25) is 5.91 Å². The molecule has 1 atom stereocenters. The summed E-state index contributed by atoms with van der Waals surface area (Å²) < 4.78 is 0. The van der Waals surface area contributed by atoms with Crippen molar-refractivity contribution in [3.8, 4) is 6.07 Å². The molecule has 0 saturated heterocycles. The van der Waals surface area contributed by atoms with Crippen LogP contribution in [0.3, 0.4) is 0 Å². The molecule has 1 fully saturated rings. The van der Waals surface area contributed by atoms with Crippen molar-refractivity contribution in [1.82, 2.24) is 5.32 Å². The molecule has 106 valence electrons. The summed E-state index contributed by atoms with van der Waals surface area (Å²) in [4.78, 5) is 12.6. The van der Waals surface area contributed by atoms with Gasteiger partial charge in [-0.05, 0) is 57.2 Å². The molecule has 1 unspecified atom stereocenters. The topological polar surface area (TPSA) is 52.9 Å². The number of nitriles is 1. The Morgan fingerprint density at radius 3 is 2.30 bits per heavy atom. The predicted octanol–water partition coefficient (Wildman–Crippen LogP) is 3.43. The summed E-state index contributed by atoms with van der Waals surface area (Å²) in [5.74, 6) is 0.147. The molecule has 0 aromatic heterocycles. The lowest BCUT2D eigenvalue weighted by Gasteiger charge is -2.30. The summed E-state index contributed by atoms with van der Waals surface area (Å²) in [6.45, 7) is 5.52. The van der Waals surface area contributed by atoms with Gasteiger partial charge < -0.3 is 5.32 Å². The number of carbonyl (C=O) groups is 1. The quantitative estimate of drug-likeness (QED) is 0.923. The smallest absolute Gasteiger partial charge is 0.231 e. The van der Waals surface area contributed by atoms with E-state index in [2.05, 4.69) is 11.4 Å². The van der Waals surface area contributed by atoms with Gasteiger partial charge >= 0.3 is 0 Å². The Labute approximate surface area is 124 Å². The highest BCUT2D eigenvalue weighted by Gasteiger charge is 2.45. The number of halogens is 1. The Morgan fingerprint density at radius 1 is 1.30 bits per heavy atom. The molecular weight excluding hydrogens is 272 g/mol. The first-order valence-corrected chi connectivity index (χ1v) is 7.17. The van der Waals surface area contributed by atoms with Crippen LogP contribution >= 0.6 is 11.6 Å². The van der Waals surface area contributed by atoms with Crippen molar-refractivity contribution in [2.75, 3.05) is 0 Å². The van der Waals surface area contributed by atoms with Crippen molar-refractivity contribution in [2.45, 2.75) is 44.6 Å². The van der Waals surface area contributed by atoms with E-state index in [0.717, 1.165) is 18.4 Å². The number of hydrogen-bond acceptors (Lipinski definition) is 2. The lowest BCUT2D eigenvalue weighted by Crippen LogP contribution is -2.52. The van der Waals surface area contributed by atoms with E-state index >= 15 is 0 Å². The van der Waals surface area contributed by atoms with Crippen LogP contribution in [0.25, 0.3) is 0 Å². The second kappa shape index (κ2) is 5.10. The fourth-order valence-electron chi connectivity index (χ4n) is 2.27. The Kier molecular flexibility index (Phi) is 3.80. The number of rotatable bonds is 4. The second-order valence-corrected chi connectivity index (χ2v) is 6.61. The Balaban J connectivity index is 2.19. The first-order chi connectivity index (χ1) is 9.29. The zero-order valence-electron chi connectivity index (χ0n) is 12.0. The summed E-state index contributed by atoms with van der Waals surface area (Å²) >= 11 is 5.88. The molecule has 1 aliphatic rings. The highest BCUT2D eigenvalue weighted by Crippen LogP contribution is 2.39. The van der Waals surface area contributed by atoms with Gasteiger partial charge in [0.1, 0.15) is 5.54 Å². The molecule has 4 heteroatoms. The van der Waals surface area contributed by atoms with Gasteiger partial charge in [-0.2, -0.15) is 5.26 Å². The van der Waals surface area contributed by atoms with Crippen LogP contribution in [0, 0.1) is 17.2 Å². The van der Waals surface area contributed by atoms with Crippen molar-refractivity contribution in [1.29, 1.82) is 5.26 Å². The largest absolute Gasteiger partial charge is 0.337 e. The highest BCUT2D eigenvalue weighted by atomic mass is 35.5. The van der Waals surface area contributed by atoms with Crippen LogP contribution in [0.5, 0.6) is 0 Å². The minimum Gasteiger partial charge on any atom is -0.337 e. The zero-order valence-corrected chi connectivity index (χ0v) is 12.8. The van der Waals surface area contributed by atoms with E-state index in [1.54, 1.807) is 19.1 Å². The van der Waals surface area contributed by atoms with Crippen LogP contribution in [0.15, 0.2) is 24.3 Å². The van der Waals surface area contributed by atoms with Gasteiger partial charge in [0.05, 0.1) is 11.5 Å². The van der Waals surface area contributed by atoms with Crippen LogP contribution in [0.4, 0.5) is 0 Å². The van der Waals surface area contributed by atoms with E-state index < -0.39 is 11.0 Å². The number of benzene rings is 1. The molecule has 0 aliphatic heterocycles. The molecule has 1 aromatic carbocycles. The minimum atomic E-state index is -0.763. The van der Waals surface area contributed by atoms with Crippen molar-refractivity contribution in [3.63, 3.8) is 0 Å². The molecule has 1 aromatic rings. The molecule has 0 radical (unpaired) electrons. The SMILES string of the molecule is CC(C)(C(=O)NC(C)(C#N)C1CC1)c1ccc(Cl)cc1. The summed E-state index contributed by atoms with van der Waals surface area (Å²) in [6, 6.07) is 9.50. The molecular formula is C16H19ClN2O. The van der Waals surface area contributed by atoms with Gasteiger partial charge in [-0.15, -0.1) is 0 Å². The van der Waals surface area contributed by atoms with E-state index in [0.29, 0.717) is 5.02 Å². The standard InChI is InChI=1S/C16H19ClN2O/c1-15(2,11-6-8-13(17)9-7-11)14(20)19-16(3,10-18)12-4-5-12/h6-9,12H,4-5H2,1-3H3,(H,19,20). The van der Waals surface area contributed by atoms with E-state index in [-0.39, 0.29) is 11.8 Å². The first-order valence-electron chi connectivity index (χ1n) is 6.79. The summed E-state index contributed by atoms with van der Waals surface area (Å²) in [5.41, 5.74) is -0.575. The van der Waals surface area contributed by atoms with E-state index in [4.69, 9.17) is 11.6 Å². The maximum atomic E-state index is 12.6. The zero-order chi connectivity index (χ0) is 15.0. The Bertz CT molecular complexity index is 555. The summed E-state index contributed by atoms with van der Waals surface area (Å²) in [6.07, 6.45) is 2.01. The summed E-state index contributed by atoms with van der Waals surface area (Å²) in [7, 11) is 0. The average molecular weight is 291 g/mol. The third-order valence-electron chi connectivity index (χ3n) is 4.13. The maximum Gasteiger partial charge on any atom is 0.231 e. The van der Waals surface area contributed by atoms with E-state index in [9.17, 15) is 10.1 Å². The Hall–Kier alpha value is -1.53. The van der Waals surface area contributed by atoms with Crippen molar-refractivity contribution in [2.24, 2.45) is 5.92 Å². The number of amides is 1. The van der Waals surface area contributed by atoms with Gasteiger partial charge in [0.15, 0.2) is 0 Å². The molecule has 1 amide bonds. The number of hydrogen-bond donors (Lipinski definition) is 1. The van der Waals surface area contributed by atoms with Crippen molar-refractivity contribution in [3.05, 3.63) is 34.9 Å². The lowest BCUT2D eigenvalue weighted by molar-refractivity contribution is -0.127. The van der Waals surface area contributed by atoms with Gasteiger partial charge in [0.25, 0.3) is 0 Å². The van der Waals surface area contributed by atoms with Gasteiger partial charge in [0, 0.05) is 5.02 Å². The predicted molar refractivity (Wildman–Crippen MR) is 79.4 cm³/mol. The fourth-order valence-corrected chi connectivity index (χ4v) is 2.40. The average Bonchev–Trinajstić information content (AvgIpc) is 3.23. The van der Waals surface area contributed by atoms with Crippen LogP contribution in [0.2, 0.25) is 5.02 Å². The van der Waals surface area contributed by atoms with Crippen LogP contribution in [0.1, 0.15) is 39.2 Å². The molecule has 0 heterocycles. The van der Waals surface area contributed by atoms with Gasteiger partial charge in [-0.3, -0.25) is 4.79 Å². The van der Waals surface area contributed by atoms with Gasteiger partial charge in [-0.1, -0.05) is 23.7 Å².